The Bertz CT molecular complexity index is 636. The Balaban J connectivity index is 2.38. The molecule has 5 nitrogen and oxygen atoms in total. The van der Waals surface area contributed by atoms with Gasteiger partial charge in [-0.1, -0.05) is 11.6 Å². The first-order chi connectivity index (χ1) is 9.49. The molecule has 0 saturated heterocycles. The average molecular weight is 292 g/mol. The predicted octanol–water partition coefficient (Wildman–Crippen LogP) is 2.18. The van der Waals surface area contributed by atoms with Crippen molar-refractivity contribution in [1.29, 1.82) is 0 Å². The van der Waals surface area contributed by atoms with Crippen molar-refractivity contribution in [1.82, 2.24) is 4.98 Å². The highest BCUT2D eigenvalue weighted by Crippen LogP contribution is 2.23. The Labute approximate surface area is 121 Å². The molecule has 0 aliphatic rings. The molecule has 104 valence electrons. The summed E-state index contributed by atoms with van der Waals surface area (Å²) in [6.45, 7) is 1.57. The fourth-order valence-electron chi connectivity index (χ4n) is 1.68. The molecule has 2 rings (SSSR count). The summed E-state index contributed by atoms with van der Waals surface area (Å²) in [5, 5.41) is 3.04. The van der Waals surface area contributed by atoms with Crippen LogP contribution in [0.25, 0.3) is 0 Å². The number of amides is 1. The molecule has 6 heteroatoms. The number of hydrogen-bond acceptors (Lipinski definition) is 3. The van der Waals surface area contributed by atoms with Crippen molar-refractivity contribution < 1.29 is 9.59 Å². The summed E-state index contributed by atoms with van der Waals surface area (Å²) in [5.74, 6) is -0.620. The number of ketones is 1. The second-order valence-corrected chi connectivity index (χ2v) is 4.82. The molecule has 1 aromatic heterocycles. The molecular weight excluding hydrogens is 278 g/mol. The first kappa shape index (κ1) is 14.3. The van der Waals surface area contributed by atoms with E-state index in [0.717, 1.165) is 0 Å². The Morgan fingerprint density at radius 2 is 2.10 bits per heavy atom. The minimum atomic E-state index is -0.667. The van der Waals surface area contributed by atoms with Crippen molar-refractivity contribution in [3.8, 4) is 0 Å². The van der Waals surface area contributed by atoms with Crippen LogP contribution in [0.2, 0.25) is 5.02 Å². The van der Waals surface area contributed by atoms with Gasteiger partial charge in [0.25, 0.3) is 0 Å². The van der Waals surface area contributed by atoms with Crippen LogP contribution < -0.4 is 11.1 Å². The fourth-order valence-corrected chi connectivity index (χ4v) is 1.85. The predicted molar refractivity (Wildman–Crippen MR) is 78.0 cm³/mol. The first-order valence-corrected chi connectivity index (χ1v) is 6.41. The van der Waals surface area contributed by atoms with Gasteiger partial charge in [-0.05, 0) is 37.3 Å². The first-order valence-electron chi connectivity index (χ1n) is 6.03. The van der Waals surface area contributed by atoms with Gasteiger partial charge in [-0.25, -0.2) is 0 Å². The minimum Gasteiger partial charge on any atom is -0.359 e. The van der Waals surface area contributed by atoms with Crippen molar-refractivity contribution in [3.05, 3.63) is 52.8 Å². The Hall–Kier alpha value is -2.11. The van der Waals surface area contributed by atoms with E-state index in [-0.39, 0.29) is 11.7 Å². The van der Waals surface area contributed by atoms with Crippen molar-refractivity contribution in [2.75, 3.05) is 5.32 Å². The molecule has 0 aliphatic carbocycles. The van der Waals surface area contributed by atoms with Crippen LogP contribution in [0.3, 0.4) is 0 Å². The van der Waals surface area contributed by atoms with Gasteiger partial charge in [-0.15, -0.1) is 0 Å². The third-order valence-electron chi connectivity index (χ3n) is 2.74. The summed E-state index contributed by atoms with van der Waals surface area (Å²) >= 11 is 5.92. The Morgan fingerprint density at radius 1 is 1.35 bits per heavy atom. The molecule has 4 N–H and O–H groups in total. The van der Waals surface area contributed by atoms with Crippen LogP contribution in [0.15, 0.2) is 36.5 Å². The quantitative estimate of drug-likeness (QED) is 0.755. The summed E-state index contributed by atoms with van der Waals surface area (Å²) < 4.78 is 0. The maximum Gasteiger partial charge on any atom is 0.241 e. The zero-order valence-electron chi connectivity index (χ0n) is 10.8. The molecule has 1 aromatic carbocycles. The van der Waals surface area contributed by atoms with Gasteiger partial charge in [0.2, 0.25) is 11.7 Å². The Morgan fingerprint density at radius 3 is 2.70 bits per heavy atom. The van der Waals surface area contributed by atoms with Gasteiger partial charge in [-0.2, -0.15) is 0 Å². The summed E-state index contributed by atoms with van der Waals surface area (Å²) in [6, 6.07) is 7.40. The molecular formula is C14H14ClN3O2. The maximum absolute atomic E-state index is 12.4. The molecule has 0 saturated carbocycles. The number of nitrogens with two attached hydrogens (primary N) is 1. The SMILES string of the molecule is C[C@@H](N)C(=O)Nc1ccc(Cl)cc1C(=O)c1ccc[nH]1. The number of halogens is 1. The van der Waals surface area contributed by atoms with Crippen LogP contribution in [0, 0.1) is 0 Å². The van der Waals surface area contributed by atoms with Gasteiger partial charge in [-0.3, -0.25) is 9.59 Å². The van der Waals surface area contributed by atoms with Crippen molar-refractivity contribution in [2.24, 2.45) is 5.73 Å². The van der Waals surface area contributed by atoms with Gasteiger partial charge in [0.1, 0.15) is 0 Å². The summed E-state index contributed by atoms with van der Waals surface area (Å²) in [7, 11) is 0. The molecule has 1 amide bonds. The highest BCUT2D eigenvalue weighted by atomic mass is 35.5. The van der Waals surface area contributed by atoms with Gasteiger partial charge in [0.15, 0.2) is 0 Å². The molecule has 0 bridgehead atoms. The molecule has 2 aromatic rings. The zero-order chi connectivity index (χ0) is 14.7. The number of anilines is 1. The molecule has 0 radical (unpaired) electrons. The molecule has 0 fully saturated rings. The third-order valence-corrected chi connectivity index (χ3v) is 2.98. The topological polar surface area (TPSA) is 88.0 Å². The van der Waals surface area contributed by atoms with E-state index >= 15 is 0 Å². The number of H-pyrrole nitrogens is 1. The van der Waals surface area contributed by atoms with Crippen LogP contribution in [0.1, 0.15) is 23.0 Å². The lowest BCUT2D eigenvalue weighted by atomic mass is 10.1. The monoisotopic (exact) mass is 291 g/mol. The largest absolute Gasteiger partial charge is 0.359 e. The molecule has 0 spiro atoms. The van der Waals surface area contributed by atoms with Gasteiger partial charge in [0.05, 0.1) is 17.4 Å². The van der Waals surface area contributed by atoms with Gasteiger partial charge >= 0.3 is 0 Å². The highest BCUT2D eigenvalue weighted by molar-refractivity contribution is 6.31. The standard InChI is InChI=1S/C14H14ClN3O2/c1-8(16)14(20)18-11-5-4-9(15)7-10(11)13(19)12-3-2-6-17-12/h2-8,17H,16H2,1H3,(H,18,20)/t8-/m1/s1. The van der Waals surface area contributed by atoms with Gasteiger partial charge < -0.3 is 16.0 Å². The second kappa shape index (κ2) is 5.90. The number of carbonyl (C=O) groups excluding carboxylic acids is 2. The van der Waals surface area contributed by atoms with Crippen molar-refractivity contribution in [3.63, 3.8) is 0 Å². The van der Waals surface area contributed by atoms with Crippen molar-refractivity contribution >= 4 is 29.0 Å². The normalized spacial score (nSPS) is 11.9. The lowest BCUT2D eigenvalue weighted by molar-refractivity contribution is -0.117. The van der Waals surface area contributed by atoms with E-state index in [0.29, 0.717) is 22.0 Å². The van der Waals surface area contributed by atoms with Crippen LogP contribution >= 0.6 is 11.6 Å². The highest BCUT2D eigenvalue weighted by Gasteiger charge is 2.17. The van der Waals surface area contributed by atoms with E-state index in [2.05, 4.69) is 10.3 Å². The number of benzene rings is 1. The zero-order valence-corrected chi connectivity index (χ0v) is 11.6. The van der Waals surface area contributed by atoms with E-state index < -0.39 is 6.04 Å². The van der Waals surface area contributed by atoms with Crippen LogP contribution in [0.5, 0.6) is 0 Å². The summed E-state index contributed by atoms with van der Waals surface area (Å²) in [6.07, 6.45) is 1.65. The molecule has 20 heavy (non-hydrogen) atoms. The third kappa shape index (κ3) is 3.07. The lowest BCUT2D eigenvalue weighted by Crippen LogP contribution is -2.33. The van der Waals surface area contributed by atoms with E-state index in [1.165, 1.54) is 6.07 Å². The van der Waals surface area contributed by atoms with Crippen molar-refractivity contribution in [2.45, 2.75) is 13.0 Å². The molecule has 1 heterocycles. The number of rotatable bonds is 4. The number of aromatic nitrogens is 1. The van der Waals surface area contributed by atoms with Gasteiger partial charge in [0, 0.05) is 16.8 Å². The molecule has 0 aliphatic heterocycles. The van der Waals surface area contributed by atoms with E-state index in [9.17, 15) is 9.59 Å². The van der Waals surface area contributed by atoms with E-state index in [1.807, 2.05) is 0 Å². The van der Waals surface area contributed by atoms with E-state index in [1.54, 1.807) is 37.4 Å². The fraction of sp³-hybridized carbons (Fsp3) is 0.143. The average Bonchev–Trinajstić information content (AvgIpc) is 2.93. The van der Waals surface area contributed by atoms with Crippen LogP contribution in [-0.2, 0) is 4.79 Å². The number of aromatic amines is 1. The molecule has 1 atom stereocenters. The summed E-state index contributed by atoms with van der Waals surface area (Å²) in [4.78, 5) is 26.9. The van der Waals surface area contributed by atoms with Crippen LogP contribution in [0.4, 0.5) is 5.69 Å². The lowest BCUT2D eigenvalue weighted by Gasteiger charge is -2.12. The number of carbonyl (C=O) groups is 2. The molecule has 0 unspecified atom stereocenters. The smallest absolute Gasteiger partial charge is 0.241 e. The number of hydrogen-bond donors (Lipinski definition) is 3. The van der Waals surface area contributed by atoms with Crippen LogP contribution in [-0.4, -0.2) is 22.7 Å². The number of nitrogens with one attached hydrogen (secondary N) is 2. The van der Waals surface area contributed by atoms with E-state index in [4.69, 9.17) is 17.3 Å². The minimum absolute atomic E-state index is 0.252. The summed E-state index contributed by atoms with van der Waals surface area (Å²) in [5.41, 5.74) is 6.62. The Kier molecular flexibility index (Phi) is 4.22. The maximum atomic E-state index is 12.4. The second-order valence-electron chi connectivity index (χ2n) is 4.38.